The maximum atomic E-state index is 12.4. The predicted molar refractivity (Wildman–Crippen MR) is 105 cm³/mol. The lowest BCUT2D eigenvalue weighted by molar-refractivity contribution is -0.122. The maximum Gasteiger partial charge on any atom is 0.265 e. The molecule has 9 heteroatoms. The first-order valence-corrected chi connectivity index (χ1v) is 10.2. The first-order chi connectivity index (χ1) is 12.1. The molecule has 1 amide bonds. The minimum absolute atomic E-state index is 0.0920. The number of carbonyl (C=O) groups excluding carboxylic acids is 1. The summed E-state index contributed by atoms with van der Waals surface area (Å²) in [6.07, 6.45) is -0.804. The Labute approximate surface area is 166 Å². The Kier molecular flexibility index (Phi) is 6.68. The number of sulfonamides is 1. The molecule has 0 aromatic heterocycles. The Morgan fingerprint density at radius 2 is 1.92 bits per heavy atom. The van der Waals surface area contributed by atoms with Crippen LogP contribution >= 0.6 is 27.5 Å². The van der Waals surface area contributed by atoms with Gasteiger partial charge in [-0.3, -0.25) is 4.79 Å². The minimum atomic E-state index is -3.58. The van der Waals surface area contributed by atoms with E-state index in [1.54, 1.807) is 37.3 Å². The molecule has 2 rings (SSSR count). The van der Waals surface area contributed by atoms with E-state index >= 15 is 0 Å². The molecule has 0 spiro atoms. The van der Waals surface area contributed by atoms with Crippen molar-refractivity contribution in [3.05, 3.63) is 52.0 Å². The molecule has 0 aliphatic rings. The van der Waals surface area contributed by atoms with Gasteiger partial charge in [-0.15, -0.1) is 0 Å². The molecule has 1 atom stereocenters. The number of ether oxygens (including phenoxy) is 1. The largest absolute Gasteiger partial charge is 0.480 e. The number of hydrogen-bond donors (Lipinski definition) is 1. The van der Waals surface area contributed by atoms with E-state index in [-0.39, 0.29) is 4.90 Å². The molecule has 0 heterocycles. The van der Waals surface area contributed by atoms with Gasteiger partial charge in [0.15, 0.2) is 6.10 Å². The summed E-state index contributed by atoms with van der Waals surface area (Å²) < 4.78 is 31.7. The van der Waals surface area contributed by atoms with Crippen LogP contribution in [0.5, 0.6) is 5.75 Å². The monoisotopic (exact) mass is 460 g/mol. The van der Waals surface area contributed by atoms with Crippen molar-refractivity contribution in [3.8, 4) is 5.75 Å². The van der Waals surface area contributed by atoms with Crippen molar-refractivity contribution >= 4 is 49.1 Å². The number of hydrogen-bond acceptors (Lipinski definition) is 4. The molecule has 26 heavy (non-hydrogen) atoms. The second-order valence-electron chi connectivity index (χ2n) is 5.64. The van der Waals surface area contributed by atoms with Gasteiger partial charge in [0.2, 0.25) is 10.0 Å². The molecule has 1 unspecified atom stereocenters. The van der Waals surface area contributed by atoms with Gasteiger partial charge in [-0.1, -0.05) is 17.7 Å². The number of nitrogens with one attached hydrogen (secondary N) is 1. The Hall–Kier alpha value is -1.61. The molecule has 2 aromatic carbocycles. The van der Waals surface area contributed by atoms with Crippen LogP contribution in [0.4, 0.5) is 5.69 Å². The average molecular weight is 462 g/mol. The van der Waals surface area contributed by atoms with Crippen molar-refractivity contribution in [2.24, 2.45) is 0 Å². The highest BCUT2D eigenvalue weighted by Gasteiger charge is 2.20. The van der Waals surface area contributed by atoms with Crippen molar-refractivity contribution in [3.63, 3.8) is 0 Å². The van der Waals surface area contributed by atoms with Crippen molar-refractivity contribution in [1.29, 1.82) is 0 Å². The van der Waals surface area contributed by atoms with Gasteiger partial charge in [0.05, 0.1) is 9.37 Å². The summed E-state index contributed by atoms with van der Waals surface area (Å²) in [6.45, 7) is 1.59. The highest BCUT2D eigenvalue weighted by Crippen LogP contribution is 2.29. The first kappa shape index (κ1) is 20.7. The van der Waals surface area contributed by atoms with Crippen LogP contribution in [0.15, 0.2) is 51.8 Å². The van der Waals surface area contributed by atoms with E-state index in [1.165, 1.54) is 26.2 Å². The topological polar surface area (TPSA) is 75.7 Å². The van der Waals surface area contributed by atoms with Gasteiger partial charge in [0, 0.05) is 24.8 Å². The molecule has 2 aromatic rings. The van der Waals surface area contributed by atoms with Gasteiger partial charge in [-0.2, -0.15) is 0 Å². The van der Waals surface area contributed by atoms with Gasteiger partial charge in [-0.05, 0) is 59.3 Å². The van der Waals surface area contributed by atoms with Crippen molar-refractivity contribution in [2.45, 2.75) is 17.9 Å². The first-order valence-electron chi connectivity index (χ1n) is 7.56. The Morgan fingerprint density at radius 1 is 1.23 bits per heavy atom. The van der Waals surface area contributed by atoms with E-state index in [1.807, 2.05) is 0 Å². The Morgan fingerprint density at radius 3 is 2.54 bits per heavy atom. The normalized spacial score (nSPS) is 12.7. The van der Waals surface area contributed by atoms with Crippen LogP contribution in [0.2, 0.25) is 5.02 Å². The number of carbonyl (C=O) groups is 1. The zero-order valence-corrected chi connectivity index (χ0v) is 17.5. The lowest BCUT2D eigenvalue weighted by atomic mass is 10.3. The maximum absolute atomic E-state index is 12.4. The number of anilines is 1. The fraction of sp³-hybridized carbons (Fsp3) is 0.235. The van der Waals surface area contributed by atoms with Crippen LogP contribution in [0.3, 0.4) is 0 Å². The second-order valence-corrected chi connectivity index (χ2v) is 9.08. The summed E-state index contributed by atoms with van der Waals surface area (Å²) in [5.74, 6) is 0.0623. The SMILES string of the molecule is CC(Oc1ccc(Cl)cc1Br)C(=O)Nc1cccc(S(=O)(=O)N(C)C)c1. The fourth-order valence-electron chi connectivity index (χ4n) is 2.00. The quantitative estimate of drug-likeness (QED) is 0.711. The lowest BCUT2D eigenvalue weighted by Crippen LogP contribution is -2.30. The molecule has 0 saturated heterocycles. The molecule has 0 aliphatic carbocycles. The number of halogens is 2. The molecule has 0 saturated carbocycles. The van der Waals surface area contributed by atoms with E-state index in [4.69, 9.17) is 16.3 Å². The van der Waals surface area contributed by atoms with E-state index in [2.05, 4.69) is 21.2 Å². The zero-order valence-electron chi connectivity index (χ0n) is 14.4. The summed E-state index contributed by atoms with van der Waals surface area (Å²) >= 11 is 9.20. The van der Waals surface area contributed by atoms with Gasteiger partial charge in [-0.25, -0.2) is 12.7 Å². The number of rotatable bonds is 6. The number of benzene rings is 2. The van der Waals surface area contributed by atoms with Gasteiger partial charge in [0.1, 0.15) is 5.75 Å². The number of amides is 1. The van der Waals surface area contributed by atoms with E-state index in [0.29, 0.717) is 20.9 Å². The molecule has 0 bridgehead atoms. The molecular formula is C17H18BrClN2O4S. The Balaban J connectivity index is 2.12. The van der Waals surface area contributed by atoms with Crippen LogP contribution in [0.1, 0.15) is 6.92 Å². The average Bonchev–Trinajstić information content (AvgIpc) is 2.57. The third kappa shape index (κ3) is 4.97. The molecule has 1 N–H and O–H groups in total. The molecule has 140 valence electrons. The van der Waals surface area contributed by atoms with Crippen LogP contribution in [0, 0.1) is 0 Å². The van der Waals surface area contributed by atoms with Crippen LogP contribution < -0.4 is 10.1 Å². The van der Waals surface area contributed by atoms with Gasteiger partial charge in [0.25, 0.3) is 5.91 Å². The van der Waals surface area contributed by atoms with E-state index in [9.17, 15) is 13.2 Å². The summed E-state index contributed by atoms with van der Waals surface area (Å²) in [5, 5.41) is 3.20. The summed E-state index contributed by atoms with van der Waals surface area (Å²) in [6, 6.07) is 11.0. The third-order valence-corrected chi connectivity index (χ3v) is 6.11. The van der Waals surface area contributed by atoms with E-state index in [0.717, 1.165) is 4.31 Å². The highest BCUT2D eigenvalue weighted by molar-refractivity contribution is 9.10. The highest BCUT2D eigenvalue weighted by atomic mass is 79.9. The minimum Gasteiger partial charge on any atom is -0.480 e. The van der Waals surface area contributed by atoms with Crippen molar-refractivity contribution in [2.75, 3.05) is 19.4 Å². The summed E-state index contributed by atoms with van der Waals surface area (Å²) in [4.78, 5) is 12.4. The zero-order chi connectivity index (χ0) is 19.5. The fourth-order valence-corrected chi connectivity index (χ4v) is 3.73. The smallest absolute Gasteiger partial charge is 0.265 e. The van der Waals surface area contributed by atoms with Crippen LogP contribution in [-0.2, 0) is 14.8 Å². The predicted octanol–water partition coefficient (Wildman–Crippen LogP) is 3.76. The van der Waals surface area contributed by atoms with Gasteiger partial charge >= 0.3 is 0 Å². The molecular weight excluding hydrogens is 444 g/mol. The van der Waals surface area contributed by atoms with Crippen LogP contribution in [0.25, 0.3) is 0 Å². The number of nitrogens with zero attached hydrogens (tertiary/aromatic N) is 1. The van der Waals surface area contributed by atoms with Crippen LogP contribution in [-0.4, -0.2) is 38.8 Å². The second kappa shape index (κ2) is 8.39. The van der Waals surface area contributed by atoms with Crippen molar-refractivity contribution in [1.82, 2.24) is 4.31 Å². The van der Waals surface area contributed by atoms with E-state index < -0.39 is 22.0 Å². The summed E-state index contributed by atoms with van der Waals surface area (Å²) in [7, 11) is -0.692. The lowest BCUT2D eigenvalue weighted by Gasteiger charge is -2.17. The standard InChI is InChI=1S/C17H18BrClN2O4S/c1-11(25-16-8-7-12(19)9-15(16)18)17(22)20-13-5-4-6-14(10-13)26(23,24)21(2)3/h4-11H,1-3H3,(H,20,22). The van der Waals surface area contributed by atoms with Crippen molar-refractivity contribution < 1.29 is 17.9 Å². The molecule has 0 fully saturated rings. The van der Waals surface area contributed by atoms with Gasteiger partial charge < -0.3 is 10.1 Å². The summed E-state index contributed by atoms with van der Waals surface area (Å²) in [5.41, 5.74) is 0.364. The molecule has 0 aliphatic heterocycles. The molecule has 6 nitrogen and oxygen atoms in total. The molecule has 0 radical (unpaired) electrons. The third-order valence-electron chi connectivity index (χ3n) is 3.45. The Bertz CT molecular complexity index is 919.